The summed E-state index contributed by atoms with van der Waals surface area (Å²) in [6.07, 6.45) is 0. The Bertz CT molecular complexity index is 893. The minimum atomic E-state index is -0.541. The average Bonchev–Trinajstić information content (AvgIpc) is 2.77. The van der Waals surface area contributed by atoms with Crippen LogP contribution in [0.15, 0.2) is 48.5 Å². The Kier molecular flexibility index (Phi) is 6.40. The van der Waals surface area contributed by atoms with E-state index < -0.39 is 4.92 Å². The third-order valence-electron chi connectivity index (χ3n) is 4.56. The Morgan fingerprint density at radius 2 is 1.86 bits per heavy atom. The number of nitro groups is 1. The van der Waals surface area contributed by atoms with E-state index in [2.05, 4.69) is 0 Å². The van der Waals surface area contributed by atoms with E-state index in [1.807, 2.05) is 0 Å². The summed E-state index contributed by atoms with van der Waals surface area (Å²) >= 11 is 0. The van der Waals surface area contributed by atoms with Crippen LogP contribution in [0.2, 0.25) is 0 Å². The molecule has 1 saturated heterocycles. The fraction of sp³-hybridized carbons (Fsp3) is 0.300. The predicted octanol–water partition coefficient (Wildman–Crippen LogP) is 2.11. The molecule has 0 radical (unpaired) electrons. The molecule has 152 valence electrons. The number of hydrogen-bond donors (Lipinski definition) is 0. The Hall–Kier alpha value is -3.46. The summed E-state index contributed by atoms with van der Waals surface area (Å²) in [6, 6.07) is 12.3. The second-order valence-corrected chi connectivity index (χ2v) is 6.45. The Labute approximate surface area is 167 Å². The van der Waals surface area contributed by atoms with E-state index >= 15 is 0 Å². The first-order chi connectivity index (χ1) is 14.0. The maximum atomic E-state index is 12.6. The minimum absolute atomic E-state index is 0.0677. The smallest absolute Gasteiger partial charge is 0.270 e. The van der Waals surface area contributed by atoms with Gasteiger partial charge in [-0.25, -0.2) is 0 Å². The average molecular weight is 399 g/mol. The fourth-order valence-corrected chi connectivity index (χ4v) is 2.88. The van der Waals surface area contributed by atoms with Gasteiger partial charge in [0, 0.05) is 43.5 Å². The van der Waals surface area contributed by atoms with E-state index in [0.29, 0.717) is 37.7 Å². The van der Waals surface area contributed by atoms with Crippen LogP contribution < -0.4 is 9.64 Å². The van der Waals surface area contributed by atoms with Crippen molar-refractivity contribution >= 4 is 23.2 Å². The van der Waals surface area contributed by atoms with Gasteiger partial charge < -0.3 is 19.3 Å². The molecule has 0 bridgehead atoms. The molecule has 2 amide bonds. The van der Waals surface area contributed by atoms with Crippen molar-refractivity contribution in [2.45, 2.75) is 0 Å². The SMILES string of the molecule is CN(C(=O)c1cccc([N+](=O)[O-])c1)c1ccc(OCC(=O)N2CCOCC2)cc1. The summed E-state index contributed by atoms with van der Waals surface area (Å²) in [5.41, 5.74) is 0.671. The van der Waals surface area contributed by atoms with Crippen molar-refractivity contribution < 1.29 is 24.0 Å². The van der Waals surface area contributed by atoms with Gasteiger partial charge in [0.2, 0.25) is 0 Å². The van der Waals surface area contributed by atoms with Gasteiger partial charge in [0.25, 0.3) is 17.5 Å². The number of non-ortho nitro benzene ring substituents is 1. The second-order valence-electron chi connectivity index (χ2n) is 6.45. The monoisotopic (exact) mass is 399 g/mol. The minimum Gasteiger partial charge on any atom is -0.484 e. The molecule has 0 N–H and O–H groups in total. The maximum absolute atomic E-state index is 12.6. The fourth-order valence-electron chi connectivity index (χ4n) is 2.88. The van der Waals surface area contributed by atoms with Crippen LogP contribution in [0, 0.1) is 10.1 Å². The van der Waals surface area contributed by atoms with Crippen molar-refractivity contribution in [2.75, 3.05) is 44.9 Å². The predicted molar refractivity (Wildman–Crippen MR) is 105 cm³/mol. The molecule has 2 aromatic rings. The van der Waals surface area contributed by atoms with Gasteiger partial charge >= 0.3 is 0 Å². The van der Waals surface area contributed by atoms with E-state index in [1.54, 1.807) is 36.2 Å². The highest BCUT2D eigenvalue weighted by molar-refractivity contribution is 6.06. The van der Waals surface area contributed by atoms with Gasteiger partial charge in [-0.05, 0) is 30.3 Å². The molecule has 0 spiro atoms. The number of nitro benzene ring substituents is 1. The Morgan fingerprint density at radius 3 is 2.52 bits per heavy atom. The van der Waals surface area contributed by atoms with Crippen molar-refractivity contribution in [3.63, 3.8) is 0 Å². The van der Waals surface area contributed by atoms with Crippen molar-refractivity contribution in [1.29, 1.82) is 0 Å². The summed E-state index contributed by atoms with van der Waals surface area (Å²) in [5.74, 6) is 0.0340. The molecule has 1 aliphatic heterocycles. The zero-order chi connectivity index (χ0) is 20.8. The van der Waals surface area contributed by atoms with E-state index in [0.717, 1.165) is 0 Å². The molecule has 0 atom stereocenters. The number of carbonyl (C=O) groups excluding carboxylic acids is 2. The number of carbonyl (C=O) groups is 2. The summed E-state index contributed by atoms with van der Waals surface area (Å²) < 4.78 is 10.7. The second kappa shape index (κ2) is 9.16. The Balaban J connectivity index is 1.60. The Morgan fingerprint density at radius 1 is 1.17 bits per heavy atom. The highest BCUT2D eigenvalue weighted by Crippen LogP contribution is 2.21. The lowest BCUT2D eigenvalue weighted by molar-refractivity contribution is -0.384. The van der Waals surface area contributed by atoms with Gasteiger partial charge in [-0.1, -0.05) is 6.07 Å². The lowest BCUT2D eigenvalue weighted by atomic mass is 10.1. The van der Waals surface area contributed by atoms with Crippen LogP contribution >= 0.6 is 0 Å². The molecule has 0 saturated carbocycles. The van der Waals surface area contributed by atoms with Gasteiger partial charge in [-0.3, -0.25) is 19.7 Å². The number of amides is 2. The number of benzene rings is 2. The number of rotatable bonds is 6. The number of anilines is 1. The topological polar surface area (TPSA) is 102 Å². The van der Waals surface area contributed by atoms with Crippen LogP contribution in [0.1, 0.15) is 10.4 Å². The molecular weight excluding hydrogens is 378 g/mol. The molecule has 1 aliphatic rings. The van der Waals surface area contributed by atoms with Crippen LogP contribution in [0.25, 0.3) is 0 Å². The van der Waals surface area contributed by atoms with E-state index in [-0.39, 0.29) is 29.7 Å². The number of ether oxygens (including phenoxy) is 2. The summed E-state index contributed by atoms with van der Waals surface area (Å²) in [7, 11) is 1.58. The third-order valence-corrected chi connectivity index (χ3v) is 4.56. The molecule has 2 aromatic carbocycles. The van der Waals surface area contributed by atoms with Crippen molar-refractivity contribution in [2.24, 2.45) is 0 Å². The maximum Gasteiger partial charge on any atom is 0.270 e. The molecule has 1 heterocycles. The number of hydrogen-bond acceptors (Lipinski definition) is 6. The highest BCUT2D eigenvalue weighted by Gasteiger charge is 2.18. The zero-order valence-corrected chi connectivity index (χ0v) is 15.9. The molecule has 0 unspecified atom stereocenters. The lowest BCUT2D eigenvalue weighted by Gasteiger charge is -2.26. The summed E-state index contributed by atoms with van der Waals surface area (Å²) in [6.45, 7) is 2.12. The van der Waals surface area contributed by atoms with E-state index in [1.165, 1.54) is 29.2 Å². The van der Waals surface area contributed by atoms with Gasteiger partial charge in [-0.2, -0.15) is 0 Å². The van der Waals surface area contributed by atoms with Crippen LogP contribution in [0.5, 0.6) is 5.75 Å². The molecule has 9 nitrogen and oxygen atoms in total. The molecule has 1 fully saturated rings. The zero-order valence-electron chi connectivity index (χ0n) is 15.9. The molecule has 9 heteroatoms. The van der Waals surface area contributed by atoms with E-state index in [9.17, 15) is 19.7 Å². The summed E-state index contributed by atoms with van der Waals surface area (Å²) in [4.78, 5) is 38.2. The van der Waals surface area contributed by atoms with Gasteiger partial charge in [0.1, 0.15) is 5.75 Å². The van der Waals surface area contributed by atoms with Gasteiger partial charge in [-0.15, -0.1) is 0 Å². The van der Waals surface area contributed by atoms with Crippen LogP contribution in [0.3, 0.4) is 0 Å². The molecule has 3 rings (SSSR count). The van der Waals surface area contributed by atoms with Crippen LogP contribution in [-0.4, -0.2) is 61.6 Å². The molecular formula is C20H21N3O6. The third kappa shape index (κ3) is 5.08. The molecule has 0 aliphatic carbocycles. The highest BCUT2D eigenvalue weighted by atomic mass is 16.6. The normalized spacial score (nSPS) is 13.6. The first-order valence-corrected chi connectivity index (χ1v) is 9.06. The summed E-state index contributed by atoms with van der Waals surface area (Å²) in [5, 5.41) is 10.9. The number of morpholine rings is 1. The van der Waals surface area contributed by atoms with Crippen LogP contribution in [0.4, 0.5) is 11.4 Å². The van der Waals surface area contributed by atoms with Gasteiger partial charge in [0.15, 0.2) is 6.61 Å². The van der Waals surface area contributed by atoms with Crippen molar-refractivity contribution in [1.82, 2.24) is 4.90 Å². The van der Waals surface area contributed by atoms with Gasteiger partial charge in [0.05, 0.1) is 18.1 Å². The van der Waals surface area contributed by atoms with Crippen molar-refractivity contribution in [3.8, 4) is 5.75 Å². The van der Waals surface area contributed by atoms with Crippen molar-refractivity contribution in [3.05, 3.63) is 64.2 Å². The largest absolute Gasteiger partial charge is 0.484 e. The number of nitrogens with zero attached hydrogens (tertiary/aromatic N) is 3. The lowest BCUT2D eigenvalue weighted by Crippen LogP contribution is -2.42. The molecule has 0 aromatic heterocycles. The van der Waals surface area contributed by atoms with Crippen LogP contribution in [-0.2, 0) is 9.53 Å². The first kappa shape index (κ1) is 20.3. The standard InChI is InChI=1S/C20H21N3O6/c1-21(20(25)15-3-2-4-17(13-15)23(26)27)16-5-7-18(8-6-16)29-14-19(24)22-9-11-28-12-10-22/h2-8,13H,9-12,14H2,1H3. The van der Waals surface area contributed by atoms with E-state index in [4.69, 9.17) is 9.47 Å². The molecule has 29 heavy (non-hydrogen) atoms. The first-order valence-electron chi connectivity index (χ1n) is 9.06. The quantitative estimate of drug-likeness (QED) is 0.545.